The zero-order valence-electron chi connectivity index (χ0n) is 12.6. The van der Waals surface area contributed by atoms with Crippen LogP contribution in [0.1, 0.15) is 30.9 Å². The molecule has 0 amide bonds. The first-order valence-corrected chi connectivity index (χ1v) is 7.82. The van der Waals surface area contributed by atoms with E-state index in [9.17, 15) is 0 Å². The second-order valence-electron chi connectivity index (χ2n) is 5.85. The van der Waals surface area contributed by atoms with Gasteiger partial charge < -0.3 is 10.1 Å². The average molecular weight is 281 g/mol. The highest BCUT2D eigenvalue weighted by molar-refractivity contribution is 5.52. The van der Waals surface area contributed by atoms with Crippen LogP contribution in [0.2, 0.25) is 0 Å². The van der Waals surface area contributed by atoms with Gasteiger partial charge in [0.1, 0.15) is 0 Å². The normalized spacial score (nSPS) is 21.4. The van der Waals surface area contributed by atoms with Crippen LogP contribution in [0.3, 0.4) is 0 Å². The molecular formula is C19H23NO. The van der Waals surface area contributed by atoms with E-state index in [0.717, 1.165) is 19.4 Å². The van der Waals surface area contributed by atoms with E-state index >= 15 is 0 Å². The zero-order chi connectivity index (χ0) is 14.5. The molecule has 0 aliphatic carbocycles. The predicted molar refractivity (Wildman–Crippen MR) is 87.7 cm³/mol. The Morgan fingerprint density at radius 3 is 2.52 bits per heavy atom. The Bertz CT molecular complexity index is 567. The minimum Gasteiger partial charge on any atom is -0.382 e. The summed E-state index contributed by atoms with van der Waals surface area (Å²) in [6, 6.07) is 19.2. The monoisotopic (exact) mass is 281 g/mol. The third-order valence-corrected chi connectivity index (χ3v) is 4.09. The first kappa shape index (κ1) is 14.2. The highest BCUT2D eigenvalue weighted by atomic mass is 16.5. The Morgan fingerprint density at radius 1 is 1.00 bits per heavy atom. The molecule has 21 heavy (non-hydrogen) atoms. The van der Waals surface area contributed by atoms with Gasteiger partial charge in [-0.15, -0.1) is 0 Å². The topological polar surface area (TPSA) is 21.3 Å². The average Bonchev–Trinajstić information content (AvgIpc) is 2.93. The van der Waals surface area contributed by atoms with E-state index in [0.29, 0.717) is 12.2 Å². The minimum atomic E-state index is 0.352. The quantitative estimate of drug-likeness (QED) is 0.884. The van der Waals surface area contributed by atoms with Crippen molar-refractivity contribution in [3.63, 3.8) is 0 Å². The molecule has 1 aliphatic rings. The van der Waals surface area contributed by atoms with Crippen molar-refractivity contribution >= 4 is 5.69 Å². The Balaban J connectivity index is 1.65. The van der Waals surface area contributed by atoms with Gasteiger partial charge in [-0.25, -0.2) is 0 Å². The summed E-state index contributed by atoms with van der Waals surface area (Å²) in [6.07, 6.45) is 4.07. The SMILES string of the molecule is CC1CCC(CNc2ccccc2Cc2ccccc2)O1. The zero-order valence-corrected chi connectivity index (χ0v) is 12.6. The summed E-state index contributed by atoms with van der Waals surface area (Å²) in [5.74, 6) is 0. The van der Waals surface area contributed by atoms with Gasteiger partial charge in [-0.1, -0.05) is 48.5 Å². The van der Waals surface area contributed by atoms with E-state index in [4.69, 9.17) is 4.74 Å². The molecule has 2 atom stereocenters. The van der Waals surface area contributed by atoms with Crippen LogP contribution in [-0.2, 0) is 11.2 Å². The fraction of sp³-hybridized carbons (Fsp3) is 0.368. The van der Waals surface area contributed by atoms with Crippen LogP contribution >= 0.6 is 0 Å². The van der Waals surface area contributed by atoms with Crippen LogP contribution in [-0.4, -0.2) is 18.8 Å². The fourth-order valence-electron chi connectivity index (χ4n) is 2.92. The lowest BCUT2D eigenvalue weighted by Gasteiger charge is -2.16. The summed E-state index contributed by atoms with van der Waals surface area (Å²) >= 11 is 0. The van der Waals surface area contributed by atoms with Gasteiger partial charge in [-0.05, 0) is 43.4 Å². The molecular weight excluding hydrogens is 258 g/mol. The molecule has 2 unspecified atom stereocenters. The van der Waals surface area contributed by atoms with Crippen molar-refractivity contribution < 1.29 is 4.74 Å². The first-order valence-electron chi connectivity index (χ1n) is 7.82. The van der Waals surface area contributed by atoms with Gasteiger partial charge >= 0.3 is 0 Å². The Morgan fingerprint density at radius 2 is 1.76 bits per heavy atom. The van der Waals surface area contributed by atoms with Gasteiger partial charge in [0.15, 0.2) is 0 Å². The number of para-hydroxylation sites is 1. The number of hydrogen-bond acceptors (Lipinski definition) is 2. The molecule has 1 N–H and O–H groups in total. The standard InChI is InChI=1S/C19H23NO/c1-15-11-12-18(21-15)14-20-19-10-6-5-9-17(19)13-16-7-3-2-4-8-16/h2-10,15,18,20H,11-14H2,1H3. The summed E-state index contributed by atoms with van der Waals surface area (Å²) in [6.45, 7) is 3.06. The van der Waals surface area contributed by atoms with Crippen molar-refractivity contribution in [1.29, 1.82) is 0 Å². The molecule has 0 bridgehead atoms. The molecule has 0 aromatic heterocycles. The van der Waals surface area contributed by atoms with Crippen molar-refractivity contribution in [2.75, 3.05) is 11.9 Å². The second kappa shape index (κ2) is 6.77. The minimum absolute atomic E-state index is 0.352. The van der Waals surface area contributed by atoms with Crippen molar-refractivity contribution in [2.45, 2.75) is 38.4 Å². The van der Waals surface area contributed by atoms with Crippen LogP contribution in [0.25, 0.3) is 0 Å². The van der Waals surface area contributed by atoms with Crippen LogP contribution in [0.5, 0.6) is 0 Å². The highest BCUT2D eigenvalue weighted by Gasteiger charge is 2.21. The lowest BCUT2D eigenvalue weighted by Crippen LogP contribution is -2.20. The van der Waals surface area contributed by atoms with Gasteiger partial charge in [0.2, 0.25) is 0 Å². The molecule has 0 saturated carbocycles. The van der Waals surface area contributed by atoms with Crippen molar-refractivity contribution in [1.82, 2.24) is 0 Å². The maximum absolute atomic E-state index is 5.88. The van der Waals surface area contributed by atoms with E-state index in [1.165, 1.54) is 23.2 Å². The summed E-state index contributed by atoms with van der Waals surface area (Å²) in [4.78, 5) is 0. The number of benzene rings is 2. The van der Waals surface area contributed by atoms with Gasteiger partial charge in [-0.2, -0.15) is 0 Å². The summed E-state index contributed by atoms with van der Waals surface area (Å²) in [5.41, 5.74) is 3.91. The lowest BCUT2D eigenvalue weighted by atomic mass is 10.0. The van der Waals surface area contributed by atoms with Crippen LogP contribution in [0.15, 0.2) is 54.6 Å². The van der Waals surface area contributed by atoms with Crippen molar-refractivity contribution in [2.24, 2.45) is 0 Å². The maximum atomic E-state index is 5.88. The van der Waals surface area contributed by atoms with Crippen LogP contribution < -0.4 is 5.32 Å². The number of rotatable bonds is 5. The maximum Gasteiger partial charge on any atom is 0.0751 e. The van der Waals surface area contributed by atoms with Gasteiger partial charge in [0.05, 0.1) is 12.2 Å². The van der Waals surface area contributed by atoms with E-state index < -0.39 is 0 Å². The molecule has 0 spiro atoms. The molecule has 2 heteroatoms. The number of nitrogens with one attached hydrogen (secondary N) is 1. The van der Waals surface area contributed by atoms with E-state index in [1.807, 2.05) is 0 Å². The number of anilines is 1. The molecule has 2 aromatic carbocycles. The second-order valence-corrected chi connectivity index (χ2v) is 5.85. The molecule has 2 nitrogen and oxygen atoms in total. The van der Waals surface area contributed by atoms with Gasteiger partial charge in [-0.3, -0.25) is 0 Å². The molecule has 1 fully saturated rings. The largest absolute Gasteiger partial charge is 0.382 e. The number of hydrogen-bond donors (Lipinski definition) is 1. The third-order valence-electron chi connectivity index (χ3n) is 4.09. The molecule has 110 valence electrons. The molecule has 1 aliphatic heterocycles. The molecule has 1 heterocycles. The van der Waals surface area contributed by atoms with Crippen LogP contribution in [0, 0.1) is 0 Å². The molecule has 3 rings (SSSR count). The summed E-state index contributed by atoms with van der Waals surface area (Å²) in [5, 5.41) is 3.57. The fourth-order valence-corrected chi connectivity index (χ4v) is 2.92. The summed E-state index contributed by atoms with van der Waals surface area (Å²) in [7, 11) is 0. The summed E-state index contributed by atoms with van der Waals surface area (Å²) < 4.78 is 5.88. The Kier molecular flexibility index (Phi) is 4.56. The van der Waals surface area contributed by atoms with Crippen molar-refractivity contribution in [3.05, 3.63) is 65.7 Å². The lowest BCUT2D eigenvalue weighted by molar-refractivity contribution is 0.0637. The third kappa shape index (κ3) is 3.85. The van der Waals surface area contributed by atoms with Crippen LogP contribution in [0.4, 0.5) is 5.69 Å². The van der Waals surface area contributed by atoms with Gasteiger partial charge in [0.25, 0.3) is 0 Å². The van der Waals surface area contributed by atoms with Crippen molar-refractivity contribution in [3.8, 4) is 0 Å². The number of ether oxygens (including phenoxy) is 1. The predicted octanol–water partition coefficient (Wildman–Crippen LogP) is 4.26. The smallest absolute Gasteiger partial charge is 0.0751 e. The molecule has 0 radical (unpaired) electrons. The molecule has 2 aromatic rings. The van der Waals surface area contributed by atoms with E-state index in [-0.39, 0.29) is 0 Å². The first-order chi connectivity index (χ1) is 10.3. The Hall–Kier alpha value is -1.80. The van der Waals surface area contributed by atoms with E-state index in [2.05, 4.69) is 66.8 Å². The van der Waals surface area contributed by atoms with Gasteiger partial charge in [0, 0.05) is 12.2 Å². The molecule has 1 saturated heterocycles. The van der Waals surface area contributed by atoms with E-state index in [1.54, 1.807) is 0 Å². The Labute approximate surface area is 127 Å². The highest BCUT2D eigenvalue weighted by Crippen LogP contribution is 2.22.